The van der Waals surface area contributed by atoms with Gasteiger partial charge in [-0.05, 0) is 56.8 Å². The molecule has 1 aliphatic rings. The van der Waals surface area contributed by atoms with Crippen molar-refractivity contribution in [1.29, 1.82) is 0 Å². The predicted molar refractivity (Wildman–Crippen MR) is 89.7 cm³/mol. The Morgan fingerprint density at radius 2 is 2.00 bits per heavy atom. The predicted octanol–water partition coefficient (Wildman–Crippen LogP) is 4.95. The molecule has 21 heavy (non-hydrogen) atoms. The molecule has 1 aromatic rings. The topological polar surface area (TPSA) is 21.3 Å². The van der Waals surface area contributed by atoms with E-state index < -0.39 is 0 Å². The van der Waals surface area contributed by atoms with Crippen LogP contribution in [0.15, 0.2) is 24.3 Å². The number of nitrogens with one attached hydrogen (secondary N) is 1. The first-order valence-corrected chi connectivity index (χ1v) is 8.59. The Bertz CT molecular complexity index is 429. The van der Waals surface area contributed by atoms with Gasteiger partial charge >= 0.3 is 0 Å². The Balaban J connectivity index is 2.19. The van der Waals surface area contributed by atoms with Crippen molar-refractivity contribution in [2.24, 2.45) is 11.8 Å². The van der Waals surface area contributed by atoms with Gasteiger partial charge in [-0.3, -0.25) is 0 Å². The van der Waals surface area contributed by atoms with Crippen molar-refractivity contribution >= 4 is 0 Å². The van der Waals surface area contributed by atoms with Crippen LogP contribution < -0.4 is 10.1 Å². The molecule has 1 fully saturated rings. The van der Waals surface area contributed by atoms with Crippen LogP contribution in [0.1, 0.15) is 64.5 Å². The second kappa shape index (κ2) is 7.84. The van der Waals surface area contributed by atoms with Gasteiger partial charge < -0.3 is 10.1 Å². The van der Waals surface area contributed by atoms with Gasteiger partial charge in [-0.15, -0.1) is 0 Å². The fourth-order valence-corrected chi connectivity index (χ4v) is 3.86. The zero-order chi connectivity index (χ0) is 15.2. The fourth-order valence-electron chi connectivity index (χ4n) is 3.86. The van der Waals surface area contributed by atoms with E-state index in [4.69, 9.17) is 4.74 Å². The minimum Gasteiger partial charge on any atom is -0.491 e. The summed E-state index contributed by atoms with van der Waals surface area (Å²) in [6.45, 7) is 6.50. The van der Waals surface area contributed by atoms with Gasteiger partial charge in [0, 0.05) is 6.04 Å². The van der Waals surface area contributed by atoms with Crippen LogP contribution in [0.2, 0.25) is 0 Å². The lowest BCUT2D eigenvalue weighted by atomic mass is 9.72. The van der Waals surface area contributed by atoms with E-state index in [0.717, 1.165) is 17.6 Å². The van der Waals surface area contributed by atoms with Gasteiger partial charge in [0.25, 0.3) is 0 Å². The largest absolute Gasteiger partial charge is 0.491 e. The summed E-state index contributed by atoms with van der Waals surface area (Å²) in [5.74, 6) is 2.60. The standard InChI is InChI=1S/C19H31NO/c1-5-15-9-6-7-12-18(15)19(20-4)16-10-8-11-17(13-16)21-14(2)3/h8,10-11,13-15,18-20H,5-7,9,12H2,1-4H3. The SMILES string of the molecule is CCC1CCCCC1C(NC)c1cccc(OC(C)C)c1. The molecule has 2 nitrogen and oxygen atoms in total. The van der Waals surface area contributed by atoms with E-state index in [9.17, 15) is 0 Å². The van der Waals surface area contributed by atoms with Crippen LogP contribution in [0.3, 0.4) is 0 Å². The zero-order valence-electron chi connectivity index (χ0n) is 14.1. The lowest BCUT2D eigenvalue weighted by Crippen LogP contribution is -2.32. The third-order valence-corrected chi connectivity index (χ3v) is 4.82. The molecule has 1 saturated carbocycles. The molecule has 0 radical (unpaired) electrons. The maximum absolute atomic E-state index is 5.86. The fraction of sp³-hybridized carbons (Fsp3) is 0.684. The summed E-state index contributed by atoms with van der Waals surface area (Å²) in [4.78, 5) is 0. The van der Waals surface area contributed by atoms with Crippen LogP contribution in [-0.4, -0.2) is 13.2 Å². The van der Waals surface area contributed by atoms with Crippen molar-refractivity contribution in [2.45, 2.75) is 65.0 Å². The molecule has 1 aliphatic carbocycles. The smallest absolute Gasteiger partial charge is 0.120 e. The number of hydrogen-bond acceptors (Lipinski definition) is 2. The molecule has 1 aromatic carbocycles. The zero-order valence-corrected chi connectivity index (χ0v) is 14.1. The first kappa shape index (κ1) is 16.4. The molecule has 0 bridgehead atoms. The van der Waals surface area contributed by atoms with Gasteiger partial charge in [0.15, 0.2) is 0 Å². The molecule has 3 unspecified atom stereocenters. The minimum absolute atomic E-state index is 0.228. The van der Waals surface area contributed by atoms with Crippen LogP contribution in [0.4, 0.5) is 0 Å². The quantitative estimate of drug-likeness (QED) is 0.800. The number of rotatable bonds is 6. The first-order valence-electron chi connectivity index (χ1n) is 8.59. The molecule has 2 rings (SSSR count). The third kappa shape index (κ3) is 4.23. The van der Waals surface area contributed by atoms with Crippen LogP contribution in [-0.2, 0) is 0 Å². The summed E-state index contributed by atoms with van der Waals surface area (Å²) < 4.78 is 5.86. The Morgan fingerprint density at radius 3 is 2.67 bits per heavy atom. The Labute approximate surface area is 130 Å². The molecule has 118 valence electrons. The molecular formula is C19H31NO. The second-order valence-corrected chi connectivity index (χ2v) is 6.62. The van der Waals surface area contributed by atoms with Crippen LogP contribution in [0.5, 0.6) is 5.75 Å². The summed E-state index contributed by atoms with van der Waals surface area (Å²) in [6.07, 6.45) is 7.04. The lowest BCUT2D eigenvalue weighted by molar-refractivity contribution is 0.180. The maximum Gasteiger partial charge on any atom is 0.120 e. The Hall–Kier alpha value is -1.02. The number of hydrogen-bond donors (Lipinski definition) is 1. The molecule has 2 heteroatoms. The van der Waals surface area contributed by atoms with Gasteiger partial charge in [-0.25, -0.2) is 0 Å². The van der Waals surface area contributed by atoms with E-state index in [1.165, 1.54) is 37.7 Å². The highest BCUT2D eigenvalue weighted by molar-refractivity contribution is 5.31. The van der Waals surface area contributed by atoms with Crippen molar-refractivity contribution in [3.05, 3.63) is 29.8 Å². The van der Waals surface area contributed by atoms with E-state index >= 15 is 0 Å². The average molecular weight is 289 g/mol. The van der Waals surface area contributed by atoms with E-state index in [0.29, 0.717) is 6.04 Å². The number of ether oxygens (including phenoxy) is 1. The summed E-state index contributed by atoms with van der Waals surface area (Å²) in [6, 6.07) is 9.11. The van der Waals surface area contributed by atoms with Crippen molar-refractivity contribution < 1.29 is 4.74 Å². The van der Waals surface area contributed by atoms with Crippen molar-refractivity contribution in [1.82, 2.24) is 5.32 Å². The first-order chi connectivity index (χ1) is 10.2. The summed E-state index contributed by atoms with van der Waals surface area (Å²) in [7, 11) is 2.10. The van der Waals surface area contributed by atoms with Crippen molar-refractivity contribution in [2.75, 3.05) is 7.05 Å². The van der Waals surface area contributed by atoms with E-state index in [-0.39, 0.29) is 6.10 Å². The Morgan fingerprint density at radius 1 is 1.24 bits per heavy atom. The van der Waals surface area contributed by atoms with Crippen LogP contribution in [0, 0.1) is 11.8 Å². The Kier molecular flexibility index (Phi) is 6.10. The van der Waals surface area contributed by atoms with E-state index in [1.807, 2.05) is 0 Å². The third-order valence-electron chi connectivity index (χ3n) is 4.82. The van der Waals surface area contributed by atoms with E-state index in [2.05, 4.69) is 57.4 Å². The van der Waals surface area contributed by atoms with Gasteiger partial charge in [-0.2, -0.15) is 0 Å². The highest BCUT2D eigenvalue weighted by Gasteiger charge is 2.30. The second-order valence-electron chi connectivity index (χ2n) is 6.62. The van der Waals surface area contributed by atoms with Gasteiger partial charge in [0.05, 0.1) is 6.10 Å². The maximum atomic E-state index is 5.86. The molecular weight excluding hydrogens is 258 g/mol. The van der Waals surface area contributed by atoms with Gasteiger partial charge in [0.1, 0.15) is 5.75 Å². The molecule has 0 aromatic heterocycles. The summed E-state index contributed by atoms with van der Waals surface area (Å²) in [5, 5.41) is 3.58. The molecule has 1 N–H and O–H groups in total. The van der Waals surface area contributed by atoms with Crippen LogP contribution in [0.25, 0.3) is 0 Å². The van der Waals surface area contributed by atoms with Crippen LogP contribution >= 0.6 is 0 Å². The highest BCUT2D eigenvalue weighted by atomic mass is 16.5. The highest BCUT2D eigenvalue weighted by Crippen LogP contribution is 2.40. The summed E-state index contributed by atoms with van der Waals surface area (Å²) in [5.41, 5.74) is 1.38. The molecule has 0 aliphatic heterocycles. The minimum atomic E-state index is 0.228. The molecule has 0 saturated heterocycles. The molecule has 0 heterocycles. The van der Waals surface area contributed by atoms with Gasteiger partial charge in [-0.1, -0.05) is 44.7 Å². The molecule has 0 spiro atoms. The van der Waals surface area contributed by atoms with E-state index in [1.54, 1.807) is 0 Å². The molecule has 3 atom stereocenters. The summed E-state index contributed by atoms with van der Waals surface area (Å²) >= 11 is 0. The van der Waals surface area contributed by atoms with Crippen molar-refractivity contribution in [3.63, 3.8) is 0 Å². The molecule has 0 amide bonds. The normalized spacial score (nSPS) is 24.0. The average Bonchev–Trinajstić information content (AvgIpc) is 2.48. The number of benzene rings is 1. The lowest BCUT2D eigenvalue weighted by Gasteiger charge is -2.37. The monoisotopic (exact) mass is 289 g/mol. The van der Waals surface area contributed by atoms with Gasteiger partial charge in [0.2, 0.25) is 0 Å². The van der Waals surface area contributed by atoms with Crippen molar-refractivity contribution in [3.8, 4) is 5.75 Å².